The minimum atomic E-state index is -5.56. The van der Waals surface area contributed by atoms with Gasteiger partial charge in [0.05, 0.1) is 25.4 Å². The molecule has 29 heavy (non-hydrogen) atoms. The van der Waals surface area contributed by atoms with Crippen molar-refractivity contribution in [1.29, 1.82) is 0 Å². The number of hydrogen-bond donors (Lipinski definition) is 5. The van der Waals surface area contributed by atoms with E-state index < -0.39 is 48.0 Å². The second-order valence-corrected chi connectivity index (χ2v) is 10.3. The van der Waals surface area contributed by atoms with Crippen LogP contribution in [0.1, 0.15) is 12.8 Å². The molecule has 2 rings (SSSR count). The molecule has 1 aliphatic heterocycles. The molecule has 0 amide bonds. The van der Waals surface area contributed by atoms with Crippen molar-refractivity contribution in [2.24, 2.45) is 0 Å². The van der Waals surface area contributed by atoms with E-state index in [1.807, 2.05) is 0 Å². The Balaban J connectivity index is 1.85. The highest BCUT2D eigenvalue weighted by Crippen LogP contribution is 2.66. The molecule has 15 nitrogen and oxygen atoms in total. The molecule has 0 aromatic carbocycles. The van der Waals surface area contributed by atoms with E-state index in [4.69, 9.17) is 19.4 Å². The van der Waals surface area contributed by atoms with Crippen LogP contribution in [0.5, 0.6) is 0 Å². The second kappa shape index (κ2) is 9.46. The van der Waals surface area contributed by atoms with Crippen molar-refractivity contribution in [3.63, 3.8) is 0 Å². The van der Waals surface area contributed by atoms with E-state index in [0.717, 1.165) is 0 Å². The SMILES string of the molecule is CNc1ccn(CC2CCC(COP(=O)(O)OP(=O)(O)OP(=O)(O)O)O2)c(=O)n1. The molecule has 0 radical (unpaired) electrons. The van der Waals surface area contributed by atoms with Gasteiger partial charge in [0, 0.05) is 13.2 Å². The first-order chi connectivity index (χ1) is 13.3. The topological polar surface area (TPSA) is 216 Å². The molecule has 1 fully saturated rings. The van der Waals surface area contributed by atoms with Gasteiger partial charge in [0.15, 0.2) is 0 Å². The molecule has 4 unspecified atom stereocenters. The summed E-state index contributed by atoms with van der Waals surface area (Å²) in [6, 6.07) is 1.60. The molecular formula is C11H20N3O12P3. The highest BCUT2D eigenvalue weighted by molar-refractivity contribution is 7.66. The van der Waals surface area contributed by atoms with Gasteiger partial charge < -0.3 is 29.6 Å². The summed E-state index contributed by atoms with van der Waals surface area (Å²) in [6.45, 7) is -0.340. The summed E-state index contributed by atoms with van der Waals surface area (Å²) in [7, 11) is -14.6. The van der Waals surface area contributed by atoms with Gasteiger partial charge in [-0.1, -0.05) is 0 Å². The van der Waals surface area contributed by atoms with Crippen LogP contribution in [0.3, 0.4) is 0 Å². The number of aromatic nitrogens is 2. The number of nitrogens with zero attached hydrogens (tertiary/aromatic N) is 2. The van der Waals surface area contributed by atoms with Crippen LogP contribution in [-0.2, 0) is 38.1 Å². The van der Waals surface area contributed by atoms with Gasteiger partial charge in [-0.05, 0) is 18.9 Å². The Morgan fingerprint density at radius 2 is 1.83 bits per heavy atom. The smallest absolute Gasteiger partial charge is 0.373 e. The maximum Gasteiger partial charge on any atom is 0.490 e. The van der Waals surface area contributed by atoms with Gasteiger partial charge in [-0.3, -0.25) is 9.09 Å². The van der Waals surface area contributed by atoms with Gasteiger partial charge in [0.1, 0.15) is 5.82 Å². The van der Waals surface area contributed by atoms with Gasteiger partial charge in [-0.15, -0.1) is 0 Å². The van der Waals surface area contributed by atoms with Gasteiger partial charge in [0.2, 0.25) is 0 Å². The molecule has 5 N–H and O–H groups in total. The number of hydrogen-bond acceptors (Lipinski definition) is 10. The first kappa shape index (κ1) is 24.3. The maximum atomic E-state index is 11.9. The van der Waals surface area contributed by atoms with Crippen molar-refractivity contribution < 1.29 is 51.2 Å². The second-order valence-electron chi connectivity index (χ2n) is 5.84. The van der Waals surface area contributed by atoms with Crippen molar-refractivity contribution in [3.05, 3.63) is 22.7 Å². The molecule has 18 heteroatoms. The predicted molar refractivity (Wildman–Crippen MR) is 95.8 cm³/mol. The summed E-state index contributed by atoms with van der Waals surface area (Å²) in [5, 5.41) is 2.73. The summed E-state index contributed by atoms with van der Waals surface area (Å²) in [5.74, 6) is 0.410. The summed E-state index contributed by atoms with van der Waals surface area (Å²) in [4.78, 5) is 51.1. The van der Waals surface area contributed by atoms with E-state index in [1.165, 1.54) is 10.8 Å². The quantitative estimate of drug-likeness (QED) is 0.283. The highest BCUT2D eigenvalue weighted by Gasteiger charge is 2.41. The Hall–Kier alpha value is -0.950. The molecule has 0 spiro atoms. The van der Waals surface area contributed by atoms with E-state index in [1.54, 1.807) is 13.1 Å². The Bertz CT molecular complexity index is 916. The van der Waals surface area contributed by atoms with Crippen LogP contribution in [0.2, 0.25) is 0 Å². The van der Waals surface area contributed by atoms with Crippen molar-refractivity contribution in [1.82, 2.24) is 9.55 Å². The van der Waals surface area contributed by atoms with Crippen LogP contribution in [0.25, 0.3) is 0 Å². The number of ether oxygens (including phenoxy) is 1. The lowest BCUT2D eigenvalue weighted by Gasteiger charge is -2.18. The summed E-state index contributed by atoms with van der Waals surface area (Å²) in [5.41, 5.74) is -0.489. The van der Waals surface area contributed by atoms with Crippen LogP contribution in [0.15, 0.2) is 17.1 Å². The van der Waals surface area contributed by atoms with Crippen LogP contribution >= 0.6 is 23.5 Å². The van der Waals surface area contributed by atoms with Crippen LogP contribution in [0, 0.1) is 0 Å². The third kappa shape index (κ3) is 8.36. The first-order valence-corrected chi connectivity index (χ1v) is 12.5. The van der Waals surface area contributed by atoms with E-state index in [-0.39, 0.29) is 6.54 Å². The van der Waals surface area contributed by atoms with Crippen molar-refractivity contribution >= 4 is 29.3 Å². The zero-order valence-corrected chi connectivity index (χ0v) is 17.6. The Kier molecular flexibility index (Phi) is 7.93. The largest absolute Gasteiger partial charge is 0.490 e. The average molecular weight is 479 g/mol. The van der Waals surface area contributed by atoms with Crippen LogP contribution in [0.4, 0.5) is 5.82 Å². The van der Waals surface area contributed by atoms with Crippen molar-refractivity contribution in [3.8, 4) is 0 Å². The van der Waals surface area contributed by atoms with E-state index in [0.29, 0.717) is 18.7 Å². The zero-order chi connectivity index (χ0) is 21.9. The lowest BCUT2D eigenvalue weighted by Crippen LogP contribution is -2.29. The molecular weight excluding hydrogens is 459 g/mol. The van der Waals surface area contributed by atoms with E-state index in [9.17, 15) is 23.4 Å². The fourth-order valence-electron chi connectivity index (χ4n) is 2.44. The molecule has 0 aliphatic carbocycles. The van der Waals surface area contributed by atoms with E-state index in [2.05, 4.69) is 23.4 Å². The number of nitrogens with one attached hydrogen (secondary N) is 1. The summed E-state index contributed by atoms with van der Waals surface area (Å²) in [6.07, 6.45) is 1.31. The lowest BCUT2D eigenvalue weighted by molar-refractivity contribution is 0.00386. The Morgan fingerprint density at radius 3 is 2.41 bits per heavy atom. The van der Waals surface area contributed by atoms with Gasteiger partial charge in [-0.2, -0.15) is 13.6 Å². The molecule has 4 atom stereocenters. The molecule has 1 saturated heterocycles. The van der Waals surface area contributed by atoms with Crippen LogP contribution in [-0.4, -0.2) is 55.0 Å². The lowest BCUT2D eigenvalue weighted by atomic mass is 10.2. The molecule has 1 aromatic heterocycles. The van der Waals surface area contributed by atoms with Crippen molar-refractivity contribution in [2.75, 3.05) is 19.0 Å². The van der Waals surface area contributed by atoms with Crippen LogP contribution < -0.4 is 11.0 Å². The van der Waals surface area contributed by atoms with Gasteiger partial charge >= 0.3 is 29.2 Å². The normalized spacial score (nSPS) is 24.0. The molecule has 1 aromatic rings. The molecule has 1 aliphatic rings. The third-order valence-corrected chi connectivity index (χ3v) is 7.37. The maximum absolute atomic E-state index is 11.9. The number of phosphoric ester groups is 1. The van der Waals surface area contributed by atoms with E-state index >= 15 is 0 Å². The standard InChI is InChI=1S/C11H20N3O12P3/c1-12-10-4-5-14(11(15)13-10)6-8-2-3-9(24-8)7-23-28(19,20)26-29(21,22)25-27(16,17)18/h4-5,8-9H,2-3,6-7H2,1H3,(H,19,20)(H,21,22)(H,12,13,15)(H2,16,17,18). The predicted octanol–water partition coefficient (Wildman–Crippen LogP) is 0.176. The van der Waals surface area contributed by atoms with Gasteiger partial charge in [0.25, 0.3) is 0 Å². The molecule has 0 bridgehead atoms. The zero-order valence-electron chi connectivity index (χ0n) is 14.9. The first-order valence-electron chi connectivity index (χ1n) is 7.98. The van der Waals surface area contributed by atoms with Crippen molar-refractivity contribution in [2.45, 2.75) is 31.6 Å². The number of phosphoric acid groups is 3. The number of rotatable bonds is 10. The Labute approximate surface area is 164 Å². The minimum Gasteiger partial charge on any atom is -0.373 e. The number of anilines is 1. The average Bonchev–Trinajstić information content (AvgIpc) is 2.99. The highest BCUT2D eigenvalue weighted by atomic mass is 31.3. The fraction of sp³-hybridized carbons (Fsp3) is 0.636. The Morgan fingerprint density at radius 1 is 1.17 bits per heavy atom. The summed E-state index contributed by atoms with van der Waals surface area (Å²) >= 11 is 0. The molecule has 166 valence electrons. The van der Waals surface area contributed by atoms with Gasteiger partial charge in [-0.25, -0.2) is 18.5 Å². The molecule has 2 heterocycles. The summed E-state index contributed by atoms with van der Waals surface area (Å²) < 4.78 is 52.2. The monoisotopic (exact) mass is 479 g/mol. The third-order valence-electron chi connectivity index (χ3n) is 3.57. The fourth-order valence-corrected chi connectivity index (χ4v) is 5.49. The molecule has 0 saturated carbocycles. The minimum absolute atomic E-state index is 0.182.